The third-order valence-corrected chi connectivity index (χ3v) is 3.48. The van der Waals surface area contributed by atoms with Crippen LogP contribution < -0.4 is 20.9 Å². The molecule has 7 heteroatoms. The number of ether oxygens (including phenoxy) is 1. The van der Waals surface area contributed by atoms with Gasteiger partial charge in [0.15, 0.2) is 11.2 Å². The van der Waals surface area contributed by atoms with Gasteiger partial charge in [-0.3, -0.25) is 15.6 Å². The molecule has 5 nitrogen and oxygen atoms in total. The normalized spacial score (nSPS) is 11.4. The molecule has 2 aromatic carbocycles. The van der Waals surface area contributed by atoms with Gasteiger partial charge in [-0.2, -0.15) is 0 Å². The van der Waals surface area contributed by atoms with Gasteiger partial charge in [-0.05, 0) is 80.5 Å². The average molecular weight is 361 g/mol. The SMILES string of the molecule is Cc1cc(C)cc(NC(=S)NNC(=O)[C@H](C)Oc2ccc(F)cc2)c1. The van der Waals surface area contributed by atoms with Crippen LogP contribution in [0.25, 0.3) is 0 Å². The molecule has 2 rings (SSSR count). The van der Waals surface area contributed by atoms with Gasteiger partial charge in [0, 0.05) is 5.69 Å². The Labute approximate surface area is 151 Å². The van der Waals surface area contributed by atoms with E-state index in [1.807, 2.05) is 26.0 Å². The zero-order valence-corrected chi connectivity index (χ0v) is 15.0. The molecule has 0 radical (unpaired) electrons. The van der Waals surface area contributed by atoms with Gasteiger partial charge in [-0.25, -0.2) is 4.39 Å². The lowest BCUT2D eigenvalue weighted by atomic mass is 10.1. The molecular formula is C18H20FN3O2S. The van der Waals surface area contributed by atoms with Crippen molar-refractivity contribution in [3.8, 4) is 5.75 Å². The molecule has 0 aliphatic heterocycles. The van der Waals surface area contributed by atoms with Crippen molar-refractivity contribution in [2.75, 3.05) is 5.32 Å². The Morgan fingerprint density at radius 3 is 2.28 bits per heavy atom. The Balaban J connectivity index is 1.81. The lowest BCUT2D eigenvalue weighted by Gasteiger charge is -2.16. The molecule has 0 heterocycles. The third kappa shape index (κ3) is 6.04. The van der Waals surface area contributed by atoms with Crippen molar-refractivity contribution in [3.63, 3.8) is 0 Å². The summed E-state index contributed by atoms with van der Waals surface area (Å²) >= 11 is 5.15. The Bertz CT molecular complexity index is 745. The minimum Gasteiger partial charge on any atom is -0.481 e. The summed E-state index contributed by atoms with van der Waals surface area (Å²) in [6, 6.07) is 11.4. The van der Waals surface area contributed by atoms with E-state index in [9.17, 15) is 9.18 Å². The minimum atomic E-state index is -0.776. The first kappa shape index (κ1) is 18.7. The van der Waals surface area contributed by atoms with E-state index in [1.165, 1.54) is 24.3 Å². The van der Waals surface area contributed by atoms with Crippen LogP contribution in [-0.2, 0) is 4.79 Å². The molecule has 0 spiro atoms. The van der Waals surface area contributed by atoms with Crippen LogP contribution in [-0.4, -0.2) is 17.1 Å². The van der Waals surface area contributed by atoms with Gasteiger partial charge >= 0.3 is 0 Å². The van der Waals surface area contributed by atoms with Crippen molar-refractivity contribution in [1.82, 2.24) is 10.9 Å². The van der Waals surface area contributed by atoms with Crippen LogP contribution in [0.2, 0.25) is 0 Å². The lowest BCUT2D eigenvalue weighted by molar-refractivity contribution is -0.127. The highest BCUT2D eigenvalue weighted by Gasteiger charge is 2.14. The maximum Gasteiger partial charge on any atom is 0.279 e. The molecule has 0 saturated heterocycles. The molecule has 0 aromatic heterocycles. The zero-order valence-electron chi connectivity index (χ0n) is 14.2. The fourth-order valence-corrected chi connectivity index (χ4v) is 2.37. The molecule has 0 aliphatic carbocycles. The number of halogens is 1. The van der Waals surface area contributed by atoms with E-state index in [4.69, 9.17) is 17.0 Å². The predicted molar refractivity (Wildman–Crippen MR) is 99.9 cm³/mol. The number of carbonyl (C=O) groups excluding carboxylic acids is 1. The third-order valence-electron chi connectivity index (χ3n) is 3.27. The first-order valence-corrected chi connectivity index (χ1v) is 8.11. The van der Waals surface area contributed by atoms with Crippen molar-refractivity contribution < 1.29 is 13.9 Å². The highest BCUT2D eigenvalue weighted by molar-refractivity contribution is 7.80. The molecule has 132 valence electrons. The van der Waals surface area contributed by atoms with Gasteiger partial charge in [0.25, 0.3) is 5.91 Å². The van der Waals surface area contributed by atoms with Gasteiger partial charge in [0.2, 0.25) is 0 Å². The number of aryl methyl sites for hydroxylation is 2. The monoisotopic (exact) mass is 361 g/mol. The Hall–Kier alpha value is -2.67. The molecule has 0 aliphatic rings. The Kier molecular flexibility index (Phi) is 6.30. The summed E-state index contributed by atoms with van der Waals surface area (Å²) in [5.74, 6) is -0.372. The van der Waals surface area contributed by atoms with E-state index < -0.39 is 12.0 Å². The largest absolute Gasteiger partial charge is 0.481 e. The number of thiocarbonyl (C=S) groups is 1. The number of rotatable bonds is 4. The van der Waals surface area contributed by atoms with Crippen LogP contribution in [0.4, 0.5) is 10.1 Å². The Morgan fingerprint density at radius 1 is 1.08 bits per heavy atom. The summed E-state index contributed by atoms with van der Waals surface area (Å²) in [5, 5.41) is 3.25. The maximum absolute atomic E-state index is 12.9. The zero-order chi connectivity index (χ0) is 18.4. The fourth-order valence-electron chi connectivity index (χ4n) is 2.20. The molecular weight excluding hydrogens is 341 g/mol. The van der Waals surface area contributed by atoms with E-state index in [0.29, 0.717) is 5.75 Å². The summed E-state index contributed by atoms with van der Waals surface area (Å²) in [5.41, 5.74) is 8.15. The van der Waals surface area contributed by atoms with Gasteiger partial charge in [-0.15, -0.1) is 0 Å². The average Bonchev–Trinajstić information content (AvgIpc) is 2.53. The number of amides is 1. The second kappa shape index (κ2) is 8.43. The molecule has 1 amide bonds. The standard InChI is InChI=1S/C18H20FN3O2S/c1-11-8-12(2)10-15(9-11)20-18(25)22-21-17(23)13(3)24-16-6-4-14(19)5-7-16/h4-10,13H,1-3H3,(H,21,23)(H2,20,22,25)/t13-/m0/s1. The lowest BCUT2D eigenvalue weighted by Crippen LogP contribution is -2.48. The van der Waals surface area contributed by atoms with E-state index in [1.54, 1.807) is 6.92 Å². The maximum atomic E-state index is 12.9. The van der Waals surface area contributed by atoms with E-state index in [2.05, 4.69) is 22.2 Å². The molecule has 0 bridgehead atoms. The highest BCUT2D eigenvalue weighted by Crippen LogP contribution is 2.14. The van der Waals surface area contributed by atoms with Gasteiger partial charge in [0.05, 0.1) is 0 Å². The van der Waals surface area contributed by atoms with Crippen LogP contribution in [0.5, 0.6) is 5.75 Å². The number of hydrazine groups is 1. The number of anilines is 1. The van der Waals surface area contributed by atoms with Crippen LogP contribution >= 0.6 is 12.2 Å². The van der Waals surface area contributed by atoms with Crippen LogP contribution in [0.1, 0.15) is 18.1 Å². The molecule has 0 fully saturated rings. The van der Waals surface area contributed by atoms with E-state index in [-0.39, 0.29) is 10.9 Å². The number of benzene rings is 2. The summed E-state index contributed by atoms with van der Waals surface area (Å²) in [7, 11) is 0. The quantitative estimate of drug-likeness (QED) is 0.576. The fraction of sp³-hybridized carbons (Fsp3) is 0.222. The van der Waals surface area contributed by atoms with E-state index in [0.717, 1.165) is 16.8 Å². The summed E-state index contributed by atoms with van der Waals surface area (Å²) in [6.45, 7) is 5.57. The van der Waals surface area contributed by atoms with Gasteiger partial charge in [-0.1, -0.05) is 6.07 Å². The van der Waals surface area contributed by atoms with Crippen molar-refractivity contribution in [1.29, 1.82) is 0 Å². The summed E-state index contributed by atoms with van der Waals surface area (Å²) in [6.07, 6.45) is -0.776. The molecule has 0 unspecified atom stereocenters. The molecule has 1 atom stereocenters. The van der Waals surface area contributed by atoms with Crippen LogP contribution in [0.15, 0.2) is 42.5 Å². The second-order valence-electron chi connectivity index (χ2n) is 5.66. The number of hydrogen-bond acceptors (Lipinski definition) is 3. The number of hydrogen-bond donors (Lipinski definition) is 3. The van der Waals surface area contributed by atoms with Crippen molar-refractivity contribution in [2.24, 2.45) is 0 Å². The van der Waals surface area contributed by atoms with E-state index >= 15 is 0 Å². The minimum absolute atomic E-state index is 0.257. The number of nitrogens with one attached hydrogen (secondary N) is 3. The van der Waals surface area contributed by atoms with Crippen molar-refractivity contribution in [2.45, 2.75) is 26.9 Å². The van der Waals surface area contributed by atoms with Crippen LogP contribution in [0, 0.1) is 19.7 Å². The smallest absolute Gasteiger partial charge is 0.279 e. The van der Waals surface area contributed by atoms with Gasteiger partial charge < -0.3 is 10.1 Å². The molecule has 2 aromatic rings. The first-order chi connectivity index (χ1) is 11.8. The number of carbonyl (C=O) groups is 1. The van der Waals surface area contributed by atoms with Gasteiger partial charge in [0.1, 0.15) is 11.6 Å². The first-order valence-electron chi connectivity index (χ1n) is 7.71. The topological polar surface area (TPSA) is 62.4 Å². The highest BCUT2D eigenvalue weighted by atomic mass is 32.1. The predicted octanol–water partition coefficient (Wildman–Crippen LogP) is 3.23. The molecule has 25 heavy (non-hydrogen) atoms. The van der Waals surface area contributed by atoms with Crippen LogP contribution in [0.3, 0.4) is 0 Å². The summed E-state index contributed by atoms with van der Waals surface area (Å²) in [4.78, 5) is 12.0. The second-order valence-corrected chi connectivity index (χ2v) is 6.07. The van der Waals surface area contributed by atoms with Crippen molar-refractivity contribution in [3.05, 3.63) is 59.4 Å². The Morgan fingerprint density at radius 2 is 1.68 bits per heavy atom. The summed E-state index contributed by atoms with van der Waals surface area (Å²) < 4.78 is 18.3. The molecule has 0 saturated carbocycles. The van der Waals surface area contributed by atoms with Crippen molar-refractivity contribution >= 4 is 28.9 Å². The molecule has 3 N–H and O–H groups in total.